The standard InChI is InChI=1S/C17H18FN3/c1-10-4-7-15-16(8-10)21(17(19)20-15)12(3)13-6-5-11(2)14(18)9-13/h4-9,12H,1-3H3,(H2,19,20). The van der Waals surface area contributed by atoms with E-state index in [0.717, 1.165) is 22.2 Å². The van der Waals surface area contributed by atoms with Crippen LogP contribution in [0.2, 0.25) is 0 Å². The van der Waals surface area contributed by atoms with Crippen LogP contribution < -0.4 is 5.73 Å². The second-order valence-electron chi connectivity index (χ2n) is 5.52. The molecule has 1 atom stereocenters. The Hall–Kier alpha value is -2.36. The summed E-state index contributed by atoms with van der Waals surface area (Å²) in [6.45, 7) is 5.79. The second kappa shape index (κ2) is 4.88. The molecule has 0 bridgehead atoms. The number of nitrogens with zero attached hydrogens (tertiary/aromatic N) is 2. The number of imidazole rings is 1. The highest BCUT2D eigenvalue weighted by Crippen LogP contribution is 2.28. The number of anilines is 1. The number of aromatic nitrogens is 2. The first kappa shape index (κ1) is 13.6. The summed E-state index contributed by atoms with van der Waals surface area (Å²) in [6.07, 6.45) is 0. The average Bonchev–Trinajstić information content (AvgIpc) is 2.76. The Morgan fingerprint density at radius 1 is 1.14 bits per heavy atom. The van der Waals surface area contributed by atoms with Gasteiger partial charge < -0.3 is 10.3 Å². The Labute approximate surface area is 123 Å². The predicted octanol–water partition coefficient (Wildman–Crippen LogP) is 3.98. The van der Waals surface area contributed by atoms with Gasteiger partial charge in [0.2, 0.25) is 5.95 Å². The molecular weight excluding hydrogens is 265 g/mol. The van der Waals surface area contributed by atoms with Crippen LogP contribution in [0.3, 0.4) is 0 Å². The summed E-state index contributed by atoms with van der Waals surface area (Å²) in [4.78, 5) is 4.39. The van der Waals surface area contributed by atoms with Gasteiger partial charge in [0.1, 0.15) is 5.82 Å². The molecule has 0 radical (unpaired) electrons. The van der Waals surface area contributed by atoms with Gasteiger partial charge in [-0.25, -0.2) is 9.37 Å². The minimum Gasteiger partial charge on any atom is -0.369 e. The molecule has 2 N–H and O–H groups in total. The minimum absolute atomic E-state index is 0.0769. The maximum atomic E-state index is 13.8. The zero-order valence-electron chi connectivity index (χ0n) is 12.4. The fourth-order valence-corrected chi connectivity index (χ4v) is 2.65. The van der Waals surface area contributed by atoms with Crippen molar-refractivity contribution in [3.05, 3.63) is 58.9 Å². The first-order chi connectivity index (χ1) is 9.97. The summed E-state index contributed by atoms with van der Waals surface area (Å²) >= 11 is 0. The van der Waals surface area contributed by atoms with Gasteiger partial charge in [0, 0.05) is 0 Å². The van der Waals surface area contributed by atoms with Crippen molar-refractivity contribution in [2.24, 2.45) is 0 Å². The van der Waals surface area contributed by atoms with E-state index in [1.165, 1.54) is 0 Å². The van der Waals surface area contributed by atoms with Crippen molar-refractivity contribution in [1.29, 1.82) is 0 Å². The molecule has 3 aromatic rings. The lowest BCUT2D eigenvalue weighted by atomic mass is 10.1. The molecule has 4 heteroatoms. The first-order valence-electron chi connectivity index (χ1n) is 6.97. The molecule has 1 heterocycles. The smallest absolute Gasteiger partial charge is 0.201 e. The van der Waals surface area contributed by atoms with Crippen molar-refractivity contribution >= 4 is 17.0 Å². The molecule has 2 aromatic carbocycles. The number of benzene rings is 2. The summed E-state index contributed by atoms with van der Waals surface area (Å²) in [5.74, 6) is 0.252. The van der Waals surface area contributed by atoms with E-state index in [-0.39, 0.29) is 11.9 Å². The fraction of sp³-hybridized carbons (Fsp3) is 0.235. The van der Waals surface area contributed by atoms with Crippen LogP contribution in [0, 0.1) is 19.7 Å². The van der Waals surface area contributed by atoms with Gasteiger partial charge in [-0.05, 0) is 55.7 Å². The van der Waals surface area contributed by atoms with Gasteiger partial charge in [-0.1, -0.05) is 18.2 Å². The second-order valence-corrected chi connectivity index (χ2v) is 5.52. The zero-order chi connectivity index (χ0) is 15.1. The predicted molar refractivity (Wildman–Crippen MR) is 83.8 cm³/mol. The summed E-state index contributed by atoms with van der Waals surface area (Å²) in [5.41, 5.74) is 10.6. The summed E-state index contributed by atoms with van der Waals surface area (Å²) in [6, 6.07) is 11.2. The third-order valence-electron chi connectivity index (χ3n) is 3.94. The largest absolute Gasteiger partial charge is 0.369 e. The highest BCUT2D eigenvalue weighted by Gasteiger charge is 2.16. The molecule has 1 unspecified atom stereocenters. The zero-order valence-corrected chi connectivity index (χ0v) is 12.4. The molecule has 3 nitrogen and oxygen atoms in total. The number of hydrogen-bond acceptors (Lipinski definition) is 2. The van der Waals surface area contributed by atoms with Crippen molar-refractivity contribution < 1.29 is 4.39 Å². The van der Waals surface area contributed by atoms with Crippen LogP contribution in [0.1, 0.15) is 29.7 Å². The highest BCUT2D eigenvalue weighted by atomic mass is 19.1. The number of aryl methyl sites for hydroxylation is 2. The third kappa shape index (κ3) is 2.27. The Bertz CT molecular complexity index is 820. The third-order valence-corrected chi connectivity index (χ3v) is 3.94. The van der Waals surface area contributed by atoms with E-state index < -0.39 is 0 Å². The van der Waals surface area contributed by atoms with Crippen LogP contribution in [0.4, 0.5) is 10.3 Å². The van der Waals surface area contributed by atoms with Gasteiger partial charge in [-0.15, -0.1) is 0 Å². The normalized spacial score (nSPS) is 12.8. The van der Waals surface area contributed by atoms with E-state index in [9.17, 15) is 4.39 Å². The maximum absolute atomic E-state index is 13.8. The van der Waals surface area contributed by atoms with Crippen LogP contribution in [0.15, 0.2) is 36.4 Å². The van der Waals surface area contributed by atoms with Crippen molar-refractivity contribution in [2.45, 2.75) is 26.8 Å². The monoisotopic (exact) mass is 283 g/mol. The number of nitrogen functional groups attached to an aromatic ring is 1. The highest BCUT2D eigenvalue weighted by molar-refractivity contribution is 5.79. The minimum atomic E-state index is -0.196. The van der Waals surface area contributed by atoms with Gasteiger partial charge in [-0.2, -0.15) is 0 Å². The molecule has 0 saturated heterocycles. The number of fused-ring (bicyclic) bond motifs is 1. The number of nitrogens with two attached hydrogens (primary N) is 1. The van der Waals surface area contributed by atoms with Crippen molar-refractivity contribution in [2.75, 3.05) is 5.73 Å². The molecule has 0 saturated carbocycles. The molecule has 3 rings (SSSR count). The summed E-state index contributed by atoms with van der Waals surface area (Å²) < 4.78 is 15.8. The molecule has 108 valence electrons. The van der Waals surface area contributed by atoms with Crippen LogP contribution >= 0.6 is 0 Å². The summed E-state index contributed by atoms with van der Waals surface area (Å²) in [5, 5.41) is 0. The van der Waals surface area contributed by atoms with Gasteiger partial charge in [-0.3, -0.25) is 0 Å². The molecule has 0 aliphatic heterocycles. The number of rotatable bonds is 2. The molecular formula is C17H18FN3. The SMILES string of the molecule is Cc1ccc2nc(N)n(C(C)c3ccc(C)c(F)c3)c2c1. The van der Waals surface area contributed by atoms with E-state index in [1.807, 2.05) is 36.6 Å². The number of halogens is 1. The summed E-state index contributed by atoms with van der Waals surface area (Å²) in [7, 11) is 0. The fourth-order valence-electron chi connectivity index (χ4n) is 2.65. The van der Waals surface area contributed by atoms with Crippen molar-refractivity contribution in [3.8, 4) is 0 Å². The van der Waals surface area contributed by atoms with E-state index in [1.54, 1.807) is 19.1 Å². The van der Waals surface area contributed by atoms with E-state index in [2.05, 4.69) is 11.1 Å². The van der Waals surface area contributed by atoms with Gasteiger partial charge in [0.15, 0.2) is 0 Å². The van der Waals surface area contributed by atoms with E-state index >= 15 is 0 Å². The van der Waals surface area contributed by atoms with Crippen molar-refractivity contribution in [3.63, 3.8) is 0 Å². The van der Waals surface area contributed by atoms with Crippen LogP contribution in [-0.2, 0) is 0 Å². The van der Waals surface area contributed by atoms with Crippen LogP contribution in [0.5, 0.6) is 0 Å². The Morgan fingerprint density at radius 3 is 2.62 bits per heavy atom. The quantitative estimate of drug-likeness (QED) is 0.773. The van der Waals surface area contributed by atoms with E-state index in [0.29, 0.717) is 11.5 Å². The van der Waals surface area contributed by atoms with Gasteiger partial charge in [0.25, 0.3) is 0 Å². The van der Waals surface area contributed by atoms with E-state index in [4.69, 9.17) is 5.73 Å². The lowest BCUT2D eigenvalue weighted by Crippen LogP contribution is -2.10. The lowest BCUT2D eigenvalue weighted by Gasteiger charge is -2.17. The molecule has 1 aromatic heterocycles. The molecule has 0 aliphatic rings. The molecule has 0 aliphatic carbocycles. The molecule has 0 amide bonds. The van der Waals surface area contributed by atoms with Gasteiger partial charge in [0.05, 0.1) is 17.1 Å². The van der Waals surface area contributed by atoms with Crippen LogP contribution in [-0.4, -0.2) is 9.55 Å². The number of hydrogen-bond donors (Lipinski definition) is 1. The first-order valence-corrected chi connectivity index (χ1v) is 6.97. The molecule has 21 heavy (non-hydrogen) atoms. The van der Waals surface area contributed by atoms with Gasteiger partial charge >= 0.3 is 0 Å². The Balaban J connectivity index is 2.16. The lowest BCUT2D eigenvalue weighted by molar-refractivity contribution is 0.604. The topological polar surface area (TPSA) is 43.8 Å². The molecule has 0 fully saturated rings. The van der Waals surface area contributed by atoms with Crippen molar-refractivity contribution in [1.82, 2.24) is 9.55 Å². The Kier molecular flexibility index (Phi) is 3.16. The molecule has 0 spiro atoms. The average molecular weight is 283 g/mol. The Morgan fingerprint density at radius 2 is 1.90 bits per heavy atom. The maximum Gasteiger partial charge on any atom is 0.201 e. The van der Waals surface area contributed by atoms with Crippen LogP contribution in [0.25, 0.3) is 11.0 Å².